The highest BCUT2D eigenvalue weighted by Crippen LogP contribution is 2.66. The molecule has 0 bridgehead atoms. The van der Waals surface area contributed by atoms with E-state index >= 15 is 0 Å². The van der Waals surface area contributed by atoms with E-state index in [-0.39, 0.29) is 0 Å². The predicted octanol–water partition coefficient (Wildman–Crippen LogP) is 0.899. The van der Waals surface area contributed by atoms with Crippen LogP contribution in [0.2, 0.25) is 0 Å². The van der Waals surface area contributed by atoms with Gasteiger partial charge >= 0.3 is 15.2 Å². The van der Waals surface area contributed by atoms with Crippen LogP contribution in [-0.4, -0.2) is 29.9 Å². The van der Waals surface area contributed by atoms with Gasteiger partial charge in [-0.1, -0.05) is 0 Å². The van der Waals surface area contributed by atoms with Crippen molar-refractivity contribution in [2.45, 2.75) is 38.0 Å². The van der Waals surface area contributed by atoms with Crippen molar-refractivity contribution < 1.29 is 28.7 Å². The summed E-state index contributed by atoms with van der Waals surface area (Å²) in [6, 6.07) is 0. The van der Waals surface area contributed by atoms with Gasteiger partial charge in [0.05, 0.1) is 10.3 Å². The van der Waals surface area contributed by atoms with Crippen molar-refractivity contribution in [3.05, 3.63) is 0 Å². The summed E-state index contributed by atoms with van der Waals surface area (Å²) in [4.78, 5) is 36.0. The van der Waals surface area contributed by atoms with Gasteiger partial charge in [-0.25, -0.2) is 0 Å². The van der Waals surface area contributed by atoms with Gasteiger partial charge in [-0.05, 0) is 27.7 Å². The zero-order valence-corrected chi connectivity index (χ0v) is 10.3. The summed E-state index contributed by atoms with van der Waals surface area (Å²) in [6.45, 7) is 4.58. The molecule has 0 aromatic carbocycles. The van der Waals surface area contributed by atoms with E-state index in [1.807, 2.05) is 0 Å². The highest BCUT2D eigenvalue weighted by Gasteiger charge is 2.58. The SMILES string of the molecule is CC(C)(C(C)(C)P(=O)(O)O)P(=O)(O)O. The molecule has 14 heavy (non-hydrogen) atoms. The molecule has 0 aliphatic rings. The third kappa shape index (κ3) is 2.11. The summed E-state index contributed by atoms with van der Waals surface area (Å²) >= 11 is 0. The third-order valence-electron chi connectivity index (χ3n) is 2.95. The first-order valence-corrected chi connectivity index (χ1v) is 7.09. The van der Waals surface area contributed by atoms with E-state index in [1.54, 1.807) is 0 Å². The van der Waals surface area contributed by atoms with E-state index in [2.05, 4.69) is 0 Å². The Balaban J connectivity index is 5.54. The molecule has 86 valence electrons. The largest absolute Gasteiger partial charge is 0.332 e. The Hall–Kier alpha value is 0.300. The Bertz CT molecular complexity index is 276. The molecule has 0 aliphatic heterocycles. The molecule has 0 spiro atoms. The predicted molar refractivity (Wildman–Crippen MR) is 52.2 cm³/mol. The lowest BCUT2D eigenvalue weighted by Gasteiger charge is -2.41. The van der Waals surface area contributed by atoms with E-state index in [0.29, 0.717) is 0 Å². The van der Waals surface area contributed by atoms with E-state index in [9.17, 15) is 9.13 Å². The van der Waals surface area contributed by atoms with Gasteiger partial charge in [0, 0.05) is 0 Å². The highest BCUT2D eigenvalue weighted by atomic mass is 31.2. The van der Waals surface area contributed by atoms with E-state index in [1.165, 1.54) is 0 Å². The van der Waals surface area contributed by atoms with E-state index < -0.39 is 25.5 Å². The van der Waals surface area contributed by atoms with Gasteiger partial charge in [0.2, 0.25) is 0 Å². The van der Waals surface area contributed by atoms with E-state index in [4.69, 9.17) is 19.6 Å². The fourth-order valence-electron chi connectivity index (χ4n) is 0.713. The van der Waals surface area contributed by atoms with Crippen molar-refractivity contribution in [1.82, 2.24) is 0 Å². The second-order valence-corrected chi connectivity index (χ2v) is 8.62. The second-order valence-electron chi connectivity index (χ2n) is 4.21. The summed E-state index contributed by atoms with van der Waals surface area (Å²) in [7, 11) is -9.16. The van der Waals surface area contributed by atoms with Crippen LogP contribution in [0.4, 0.5) is 0 Å². The van der Waals surface area contributed by atoms with Crippen LogP contribution in [0.1, 0.15) is 27.7 Å². The third-order valence-corrected chi connectivity index (χ3v) is 7.16. The van der Waals surface area contributed by atoms with Gasteiger partial charge in [-0.15, -0.1) is 0 Å². The fraction of sp³-hybridized carbons (Fsp3) is 1.00. The number of rotatable bonds is 3. The minimum absolute atomic E-state index is 1.15. The minimum Gasteiger partial charge on any atom is -0.324 e. The molecule has 0 aromatic rings. The summed E-state index contributed by atoms with van der Waals surface area (Å²) in [6.07, 6.45) is 0. The molecule has 0 aliphatic carbocycles. The number of hydrogen-bond donors (Lipinski definition) is 4. The normalized spacial score (nSPS) is 15.7. The summed E-state index contributed by atoms with van der Waals surface area (Å²) in [5.41, 5.74) is 0. The Morgan fingerprint density at radius 3 is 0.929 bits per heavy atom. The van der Waals surface area contributed by atoms with Gasteiger partial charge in [0.15, 0.2) is 0 Å². The lowest BCUT2D eigenvalue weighted by Crippen LogP contribution is -2.44. The Morgan fingerprint density at radius 1 is 0.714 bits per heavy atom. The standard InChI is InChI=1S/C6H16O6P2/c1-5(2,13(7,8)9)6(3,4)14(10,11)12/h1-4H3,(H2,7,8,9)(H2,10,11,12). The molecule has 0 saturated heterocycles. The molecule has 0 atom stereocenters. The fourth-order valence-corrected chi connectivity index (χ4v) is 2.92. The molecule has 0 aromatic heterocycles. The van der Waals surface area contributed by atoms with Gasteiger partial charge in [-0.2, -0.15) is 0 Å². The Labute approximate surface area is 82.7 Å². The van der Waals surface area contributed by atoms with Gasteiger partial charge < -0.3 is 19.6 Å². The van der Waals surface area contributed by atoms with Crippen LogP contribution in [-0.2, 0) is 9.13 Å². The molecule has 0 unspecified atom stereocenters. The van der Waals surface area contributed by atoms with Crippen molar-refractivity contribution in [2.24, 2.45) is 0 Å². The van der Waals surface area contributed by atoms with Crippen LogP contribution in [0.25, 0.3) is 0 Å². The smallest absolute Gasteiger partial charge is 0.324 e. The summed E-state index contributed by atoms with van der Waals surface area (Å²) in [5.74, 6) is 0. The maximum Gasteiger partial charge on any atom is 0.332 e. The van der Waals surface area contributed by atoms with Crippen LogP contribution in [0.3, 0.4) is 0 Å². The van der Waals surface area contributed by atoms with Crippen molar-refractivity contribution in [3.8, 4) is 0 Å². The quantitative estimate of drug-likeness (QED) is 0.550. The van der Waals surface area contributed by atoms with Crippen LogP contribution < -0.4 is 0 Å². The maximum atomic E-state index is 11.1. The zero-order valence-electron chi connectivity index (χ0n) is 8.50. The highest BCUT2D eigenvalue weighted by molar-refractivity contribution is 7.58. The molecule has 8 heteroatoms. The van der Waals surface area contributed by atoms with Crippen molar-refractivity contribution in [3.63, 3.8) is 0 Å². The molecule has 0 heterocycles. The molecule has 0 saturated carbocycles. The Kier molecular flexibility index (Phi) is 3.48. The molecule has 0 rings (SSSR count). The van der Waals surface area contributed by atoms with Crippen LogP contribution >= 0.6 is 15.2 Å². The first-order valence-electron chi connectivity index (χ1n) is 3.86. The molecule has 6 nitrogen and oxygen atoms in total. The van der Waals surface area contributed by atoms with E-state index in [0.717, 1.165) is 27.7 Å². The summed E-state index contributed by atoms with van der Waals surface area (Å²) in [5, 5.41) is -3.56. The lowest BCUT2D eigenvalue weighted by atomic mass is 9.98. The van der Waals surface area contributed by atoms with Crippen LogP contribution in [0, 0.1) is 0 Å². The topological polar surface area (TPSA) is 115 Å². The molecule has 0 fully saturated rings. The molecular weight excluding hydrogens is 230 g/mol. The Morgan fingerprint density at radius 2 is 0.857 bits per heavy atom. The molecular formula is C6H16O6P2. The van der Waals surface area contributed by atoms with Crippen LogP contribution in [0.5, 0.6) is 0 Å². The van der Waals surface area contributed by atoms with Crippen molar-refractivity contribution >= 4 is 15.2 Å². The maximum absolute atomic E-state index is 11.1. The summed E-state index contributed by atoms with van der Waals surface area (Å²) < 4.78 is 22.2. The van der Waals surface area contributed by atoms with Gasteiger partial charge in [0.1, 0.15) is 0 Å². The van der Waals surface area contributed by atoms with Gasteiger partial charge in [0.25, 0.3) is 0 Å². The minimum atomic E-state index is -4.58. The first kappa shape index (κ1) is 14.3. The first-order chi connectivity index (χ1) is 5.75. The van der Waals surface area contributed by atoms with Crippen LogP contribution in [0.15, 0.2) is 0 Å². The average Bonchev–Trinajstić information content (AvgIpc) is 1.81. The number of hydrogen-bond acceptors (Lipinski definition) is 2. The van der Waals surface area contributed by atoms with Crippen molar-refractivity contribution in [2.75, 3.05) is 0 Å². The zero-order chi connectivity index (χ0) is 12.0. The van der Waals surface area contributed by atoms with Gasteiger partial charge in [-0.3, -0.25) is 9.13 Å². The average molecular weight is 246 g/mol. The monoisotopic (exact) mass is 246 g/mol. The molecule has 0 radical (unpaired) electrons. The molecule has 4 N–H and O–H groups in total. The van der Waals surface area contributed by atoms with Crippen molar-refractivity contribution in [1.29, 1.82) is 0 Å². The lowest BCUT2D eigenvalue weighted by molar-refractivity contribution is 0.275. The second kappa shape index (κ2) is 3.41. The molecule has 0 amide bonds.